The molecule has 9 rings (SSSR count). The third-order valence-corrected chi connectivity index (χ3v) is 17.1. The summed E-state index contributed by atoms with van der Waals surface area (Å²) in [5.74, 6) is -2.39. The molecule has 0 radical (unpaired) electrons. The van der Waals surface area contributed by atoms with Gasteiger partial charge in [-0.2, -0.15) is 0 Å². The van der Waals surface area contributed by atoms with E-state index in [9.17, 15) is 33.2 Å². The van der Waals surface area contributed by atoms with Gasteiger partial charge in [-0.05, 0) is 135 Å². The predicted molar refractivity (Wildman–Crippen MR) is 314 cm³/mol. The van der Waals surface area contributed by atoms with E-state index in [0.29, 0.717) is 43.1 Å². The molecule has 0 unspecified atom stereocenters. The highest BCUT2D eigenvalue weighted by Gasteiger charge is 2.48. The number of likely N-dealkylation sites (N-methyl/N-ethyl adjacent to an activating group) is 1. The Balaban J connectivity index is 0.00000860. The van der Waals surface area contributed by atoms with Gasteiger partial charge in [-0.3, -0.25) is 38.6 Å². The van der Waals surface area contributed by atoms with E-state index in [1.807, 2.05) is 63.2 Å². The number of benzene rings is 4. The molecular formula is C62H82ClFN10O7. The van der Waals surface area contributed by atoms with Crippen LogP contribution in [-0.4, -0.2) is 152 Å². The number of piperazine rings is 1. The largest absolute Gasteiger partial charge is 0.379 e. The van der Waals surface area contributed by atoms with Gasteiger partial charge in [0.05, 0.1) is 43.8 Å². The summed E-state index contributed by atoms with van der Waals surface area (Å²) >= 11 is 0. The Hall–Kier alpha value is -6.28. The number of carbonyl (C=O) groups is 6. The first-order valence-corrected chi connectivity index (χ1v) is 28.5. The second kappa shape index (κ2) is 25.9. The van der Waals surface area contributed by atoms with Crippen molar-refractivity contribution in [1.82, 2.24) is 41.3 Å². The topological polar surface area (TPSA) is 197 Å². The lowest BCUT2D eigenvalue weighted by Crippen LogP contribution is -2.62. The molecule has 19 heteroatoms. The number of nitrogens with zero attached hydrogens (tertiary/aromatic N) is 4. The standard InChI is InChI=1S/C62H81FN10O7.ClH/c1-38-32-71(48(30-65-38)34-70-24-25-80-36-39(70)2)35-55(75)73-37-62(7,50-23-18-42(27-52(50)73)26-41-16-20-46(63)21-17-41)60(79)66-31-54(74)67-47-22-19-44-29-53(58(77)68-51-15-11-13-43-12-9-10-14-49(43)51)72(33-45(44)28-47)59(78)56(61(4,5)6)69-57(76)40(3)64-8;/h9-10,12,14,16-23,27-28,38-40,48,51,53,56,64-65H,11,13,15,24-26,29-37H2,1-8H3,(H,66,79)(H,67,74)(H,68,77)(H,69,76);1H/t38-,39-,40+,48-,51-,53+,56-,62+;/m1./s1. The second-order valence-corrected chi connectivity index (χ2v) is 24.1. The van der Waals surface area contributed by atoms with Crippen LogP contribution in [0.25, 0.3) is 0 Å². The van der Waals surface area contributed by atoms with Gasteiger partial charge in [0.15, 0.2) is 0 Å². The van der Waals surface area contributed by atoms with Gasteiger partial charge < -0.3 is 46.4 Å². The Kier molecular flexibility index (Phi) is 19.4. The number of anilines is 2. The summed E-state index contributed by atoms with van der Waals surface area (Å²) in [6.07, 6.45) is 3.31. The van der Waals surface area contributed by atoms with E-state index < -0.39 is 46.7 Å². The first kappa shape index (κ1) is 60.8. The van der Waals surface area contributed by atoms with Gasteiger partial charge in [0.1, 0.15) is 17.9 Å². The molecule has 2 fully saturated rings. The molecule has 0 spiro atoms. The second-order valence-electron chi connectivity index (χ2n) is 24.1. The fourth-order valence-corrected chi connectivity index (χ4v) is 12.2. The highest BCUT2D eigenvalue weighted by molar-refractivity contribution is 6.04. The SMILES string of the molecule is CN[C@@H](C)C(=O)N[C@H](C(=O)N1Cc2cc(NC(=O)CNC(=O)[C@@]3(C)CN(C(=O)CN4C[C@@H](C)NC[C@@H]4CN4CCOC[C@H]4C)c4cc(Cc5ccc(F)cc5)ccc43)ccc2C[C@H]1C(=O)N[C@@H]1CCCc2ccccc21)C(C)(C)C.Cl. The van der Waals surface area contributed by atoms with Crippen molar-refractivity contribution in [2.75, 3.05) is 76.3 Å². The van der Waals surface area contributed by atoms with Crippen LogP contribution < -0.4 is 36.8 Å². The maximum absolute atomic E-state index is 14.9. The van der Waals surface area contributed by atoms with Crippen LogP contribution in [0.3, 0.4) is 0 Å². The van der Waals surface area contributed by atoms with E-state index in [2.05, 4.69) is 61.6 Å². The first-order valence-electron chi connectivity index (χ1n) is 28.5. The van der Waals surface area contributed by atoms with Gasteiger partial charge in [0.2, 0.25) is 35.4 Å². The highest BCUT2D eigenvalue weighted by Crippen LogP contribution is 2.42. The smallest absolute Gasteiger partial charge is 0.246 e. The quantitative estimate of drug-likeness (QED) is 0.0867. The van der Waals surface area contributed by atoms with E-state index in [1.165, 1.54) is 17.7 Å². The monoisotopic (exact) mass is 1130 g/mol. The molecule has 4 heterocycles. The summed E-state index contributed by atoms with van der Waals surface area (Å²) in [7, 11) is 1.67. The van der Waals surface area contributed by atoms with Gasteiger partial charge in [-0.1, -0.05) is 75.4 Å². The minimum atomic E-state index is -1.22. The molecule has 436 valence electrons. The molecule has 4 aliphatic heterocycles. The van der Waals surface area contributed by atoms with Crippen LogP contribution in [0.4, 0.5) is 15.8 Å². The third kappa shape index (κ3) is 14.0. The van der Waals surface area contributed by atoms with Crippen LogP contribution in [-0.2, 0) is 64.7 Å². The molecule has 0 bridgehead atoms. The molecule has 0 aromatic heterocycles. The molecule has 5 aliphatic rings. The van der Waals surface area contributed by atoms with Crippen LogP contribution in [0.1, 0.15) is 106 Å². The lowest BCUT2D eigenvalue weighted by Gasteiger charge is -2.43. The van der Waals surface area contributed by atoms with E-state index in [4.69, 9.17) is 4.74 Å². The number of halogens is 2. The fraction of sp³-hybridized carbons (Fsp3) is 0.516. The number of nitrogens with one attached hydrogen (secondary N) is 6. The minimum Gasteiger partial charge on any atom is -0.379 e. The molecule has 17 nitrogen and oxygen atoms in total. The molecule has 81 heavy (non-hydrogen) atoms. The van der Waals surface area contributed by atoms with E-state index in [1.54, 1.807) is 55.0 Å². The van der Waals surface area contributed by atoms with Crippen molar-refractivity contribution >= 4 is 59.2 Å². The van der Waals surface area contributed by atoms with Gasteiger partial charge in [0.25, 0.3) is 0 Å². The molecular weight excluding hydrogens is 1050 g/mol. The first-order chi connectivity index (χ1) is 38.2. The molecule has 6 N–H and O–H groups in total. The Labute approximate surface area is 482 Å². The van der Waals surface area contributed by atoms with Crippen LogP contribution in [0.2, 0.25) is 0 Å². The number of fused-ring (bicyclic) bond motifs is 3. The molecule has 0 saturated carbocycles. The summed E-state index contributed by atoms with van der Waals surface area (Å²) in [4.78, 5) is 94.1. The molecule has 4 aromatic rings. The maximum atomic E-state index is 14.9. The molecule has 2 saturated heterocycles. The van der Waals surface area contributed by atoms with Gasteiger partial charge in [-0.15, -0.1) is 12.4 Å². The van der Waals surface area contributed by atoms with E-state index in [-0.39, 0.29) is 92.7 Å². The number of hydrogen-bond donors (Lipinski definition) is 6. The van der Waals surface area contributed by atoms with Crippen molar-refractivity contribution < 1.29 is 37.9 Å². The van der Waals surface area contributed by atoms with Crippen LogP contribution >= 0.6 is 12.4 Å². The molecule has 6 amide bonds. The summed E-state index contributed by atoms with van der Waals surface area (Å²) in [5.41, 5.74) is 5.41. The summed E-state index contributed by atoms with van der Waals surface area (Å²) in [5, 5.41) is 18.6. The lowest BCUT2D eigenvalue weighted by atomic mass is 9.83. The molecule has 4 aromatic carbocycles. The van der Waals surface area contributed by atoms with Gasteiger partial charge in [0, 0.05) is 75.2 Å². The number of rotatable bonds is 16. The summed E-state index contributed by atoms with van der Waals surface area (Å²) in [6, 6.07) is 23.5. The van der Waals surface area contributed by atoms with E-state index in [0.717, 1.165) is 66.7 Å². The van der Waals surface area contributed by atoms with Crippen molar-refractivity contribution in [3.8, 4) is 0 Å². The Morgan fingerprint density at radius 2 is 1.67 bits per heavy atom. The number of amides is 6. The van der Waals surface area contributed by atoms with Crippen molar-refractivity contribution in [3.05, 3.63) is 130 Å². The molecule has 1 aliphatic carbocycles. The van der Waals surface area contributed by atoms with Crippen LogP contribution in [0.15, 0.2) is 84.9 Å². The zero-order chi connectivity index (χ0) is 57.0. The number of hydrogen-bond acceptors (Lipinski definition) is 11. The van der Waals surface area contributed by atoms with Crippen molar-refractivity contribution in [2.45, 2.75) is 135 Å². The predicted octanol–water partition coefficient (Wildman–Crippen LogP) is 5.17. The zero-order valence-electron chi connectivity index (χ0n) is 48.2. The summed E-state index contributed by atoms with van der Waals surface area (Å²) < 4.78 is 19.6. The van der Waals surface area contributed by atoms with Crippen LogP contribution in [0.5, 0.6) is 0 Å². The van der Waals surface area contributed by atoms with Crippen molar-refractivity contribution in [3.63, 3.8) is 0 Å². The summed E-state index contributed by atoms with van der Waals surface area (Å²) in [6.45, 7) is 17.7. The van der Waals surface area contributed by atoms with E-state index >= 15 is 0 Å². The zero-order valence-corrected chi connectivity index (χ0v) is 49.0. The number of ether oxygens (including phenoxy) is 1. The molecule has 8 atom stereocenters. The van der Waals surface area contributed by atoms with Gasteiger partial charge >= 0.3 is 0 Å². The minimum absolute atomic E-state index is 0. The number of aryl methyl sites for hydroxylation is 1. The number of carbonyl (C=O) groups excluding carboxylic acids is 6. The van der Waals surface area contributed by atoms with Gasteiger partial charge in [-0.25, -0.2) is 4.39 Å². The Bertz CT molecular complexity index is 2960. The Morgan fingerprint density at radius 1 is 0.914 bits per heavy atom. The Morgan fingerprint density at radius 3 is 2.41 bits per heavy atom. The average Bonchev–Trinajstić information content (AvgIpc) is 3.78. The van der Waals surface area contributed by atoms with Crippen molar-refractivity contribution in [1.29, 1.82) is 0 Å². The fourth-order valence-electron chi connectivity index (χ4n) is 12.2. The number of morpholine rings is 1. The lowest BCUT2D eigenvalue weighted by molar-refractivity contribution is -0.147. The highest BCUT2D eigenvalue weighted by atomic mass is 35.5. The van der Waals surface area contributed by atoms with Crippen LogP contribution in [0, 0.1) is 11.2 Å². The average molecular weight is 1130 g/mol. The normalized spacial score (nSPS) is 23.6. The maximum Gasteiger partial charge on any atom is 0.246 e. The third-order valence-electron chi connectivity index (χ3n) is 17.1. The van der Waals surface area contributed by atoms with Crippen molar-refractivity contribution in [2.24, 2.45) is 5.41 Å².